The van der Waals surface area contributed by atoms with Gasteiger partial charge in [-0.15, -0.1) is 0 Å². The fourth-order valence-electron chi connectivity index (χ4n) is 0.645. The van der Waals surface area contributed by atoms with E-state index in [1.165, 1.54) is 0 Å². The van der Waals surface area contributed by atoms with Gasteiger partial charge in [-0.25, -0.2) is 5.48 Å². The fourth-order valence-corrected chi connectivity index (χ4v) is 0.645. The van der Waals surface area contributed by atoms with Crippen molar-refractivity contribution in [3.63, 3.8) is 0 Å². The molecule has 0 rings (SSSR count). The molecule has 0 aromatic rings. The van der Waals surface area contributed by atoms with Crippen LogP contribution in [0.2, 0.25) is 0 Å². The van der Waals surface area contributed by atoms with E-state index in [9.17, 15) is 9.59 Å². The van der Waals surface area contributed by atoms with E-state index >= 15 is 0 Å². The third-order valence-electron chi connectivity index (χ3n) is 1.22. The number of hydrogen-bond acceptors (Lipinski definition) is 3. The van der Waals surface area contributed by atoms with E-state index < -0.39 is 0 Å². The fraction of sp³-hybridized carbons (Fsp3) is 0.750. The molecule has 0 heterocycles. The lowest BCUT2D eigenvalue weighted by atomic mass is 10.3. The number of amides is 2. The van der Waals surface area contributed by atoms with Gasteiger partial charge in [0.25, 0.3) is 0 Å². The molecule has 0 spiro atoms. The molecule has 0 radical (unpaired) electrons. The minimum absolute atomic E-state index is 0.0166. The summed E-state index contributed by atoms with van der Waals surface area (Å²) in [6.07, 6.45) is 1.57. The molecule has 0 aliphatic rings. The van der Waals surface area contributed by atoms with Crippen LogP contribution in [0.15, 0.2) is 0 Å². The van der Waals surface area contributed by atoms with Crippen LogP contribution in [0.1, 0.15) is 26.7 Å². The van der Waals surface area contributed by atoms with Crippen molar-refractivity contribution in [2.24, 2.45) is 0 Å². The summed E-state index contributed by atoms with van der Waals surface area (Å²) in [6.45, 7) is 4.17. The summed E-state index contributed by atoms with van der Waals surface area (Å²) >= 11 is 0. The molecule has 0 unspecified atom stereocenters. The van der Waals surface area contributed by atoms with E-state index in [-0.39, 0.29) is 12.0 Å². The Morgan fingerprint density at radius 2 is 2.23 bits per heavy atom. The molecule has 2 N–H and O–H groups in total. The second-order valence-corrected chi connectivity index (χ2v) is 2.87. The predicted octanol–water partition coefficient (Wildman–Crippen LogP) is -0.0312. The van der Waals surface area contributed by atoms with Crippen LogP contribution in [-0.2, 0) is 14.4 Å². The van der Waals surface area contributed by atoms with E-state index in [0.717, 1.165) is 0 Å². The van der Waals surface area contributed by atoms with Gasteiger partial charge < -0.3 is 5.32 Å². The second-order valence-electron chi connectivity index (χ2n) is 2.87. The monoisotopic (exact) mass is 188 g/mol. The van der Waals surface area contributed by atoms with Crippen LogP contribution < -0.4 is 10.8 Å². The minimum atomic E-state index is -0.165. The van der Waals surface area contributed by atoms with Gasteiger partial charge in [0.15, 0.2) is 0 Å². The van der Waals surface area contributed by atoms with E-state index in [0.29, 0.717) is 25.8 Å². The second kappa shape index (κ2) is 7.54. The number of carbonyl (C=O) groups excluding carboxylic acids is 2. The molecular weight excluding hydrogens is 172 g/mol. The molecular formula is C8H16N2O3. The largest absolute Gasteiger partial charge is 0.359 e. The van der Waals surface area contributed by atoms with Gasteiger partial charge in [0, 0.05) is 13.0 Å². The van der Waals surface area contributed by atoms with Gasteiger partial charge in [0.2, 0.25) is 12.3 Å². The first-order valence-electron chi connectivity index (χ1n) is 4.28. The number of rotatable bonds is 7. The van der Waals surface area contributed by atoms with Gasteiger partial charge >= 0.3 is 0 Å². The molecule has 0 aromatic carbocycles. The molecule has 13 heavy (non-hydrogen) atoms. The molecule has 0 atom stereocenters. The average Bonchev–Trinajstić information content (AvgIpc) is 2.09. The zero-order valence-electron chi connectivity index (χ0n) is 8.00. The van der Waals surface area contributed by atoms with Crippen molar-refractivity contribution in [2.75, 3.05) is 6.54 Å². The topological polar surface area (TPSA) is 67.4 Å². The Morgan fingerprint density at radius 1 is 1.54 bits per heavy atom. The van der Waals surface area contributed by atoms with Gasteiger partial charge in [0.05, 0.1) is 6.10 Å². The lowest BCUT2D eigenvalue weighted by molar-refractivity contribution is -0.137. The van der Waals surface area contributed by atoms with Crippen LogP contribution in [0.5, 0.6) is 0 Å². The van der Waals surface area contributed by atoms with Gasteiger partial charge in [-0.05, 0) is 20.3 Å². The number of hydrogen-bond donors (Lipinski definition) is 2. The highest BCUT2D eigenvalue weighted by atomic mass is 16.7. The highest BCUT2D eigenvalue weighted by molar-refractivity contribution is 5.74. The van der Waals surface area contributed by atoms with Crippen LogP contribution in [0.3, 0.4) is 0 Å². The summed E-state index contributed by atoms with van der Waals surface area (Å²) in [7, 11) is 0. The third-order valence-corrected chi connectivity index (χ3v) is 1.22. The Kier molecular flexibility index (Phi) is 6.91. The lowest BCUT2D eigenvalue weighted by Crippen LogP contribution is -2.27. The summed E-state index contributed by atoms with van der Waals surface area (Å²) in [5.41, 5.74) is 2.30. The first-order chi connectivity index (χ1) is 6.16. The summed E-state index contributed by atoms with van der Waals surface area (Å²) in [5.74, 6) is -0.165. The number of nitrogens with one attached hydrogen (secondary N) is 2. The SMILES string of the molecule is CC(C)ONC(=O)CCCNC=O. The molecule has 5 heteroatoms. The van der Waals surface area contributed by atoms with Crippen LogP contribution in [-0.4, -0.2) is 25.0 Å². The van der Waals surface area contributed by atoms with Crippen molar-refractivity contribution in [1.82, 2.24) is 10.8 Å². The van der Waals surface area contributed by atoms with Crippen LogP contribution in [0, 0.1) is 0 Å². The van der Waals surface area contributed by atoms with Crippen molar-refractivity contribution in [2.45, 2.75) is 32.8 Å². The first kappa shape index (κ1) is 11.9. The normalized spacial score (nSPS) is 9.77. The molecule has 5 nitrogen and oxygen atoms in total. The number of carbonyl (C=O) groups is 2. The van der Waals surface area contributed by atoms with Crippen molar-refractivity contribution in [3.05, 3.63) is 0 Å². The predicted molar refractivity (Wildman–Crippen MR) is 47.7 cm³/mol. The highest BCUT2D eigenvalue weighted by Crippen LogP contribution is 1.88. The zero-order valence-corrected chi connectivity index (χ0v) is 8.00. The van der Waals surface area contributed by atoms with Crippen molar-refractivity contribution >= 4 is 12.3 Å². The van der Waals surface area contributed by atoms with Crippen molar-refractivity contribution in [3.8, 4) is 0 Å². The standard InChI is InChI=1S/C8H16N2O3/c1-7(2)13-10-8(12)4-3-5-9-6-11/h6-7H,3-5H2,1-2H3,(H,9,11)(H,10,12). The smallest absolute Gasteiger partial charge is 0.243 e. The Bertz CT molecular complexity index is 159. The van der Waals surface area contributed by atoms with Gasteiger partial charge in [-0.1, -0.05) is 0 Å². The third kappa shape index (κ3) is 8.81. The average molecular weight is 188 g/mol. The van der Waals surface area contributed by atoms with E-state index in [2.05, 4.69) is 10.8 Å². The lowest BCUT2D eigenvalue weighted by Gasteiger charge is -2.07. The van der Waals surface area contributed by atoms with E-state index in [1.807, 2.05) is 13.8 Å². The Hall–Kier alpha value is -1.10. The molecule has 76 valence electrons. The minimum Gasteiger partial charge on any atom is -0.359 e. The Balaban J connectivity index is 3.25. The molecule has 0 aliphatic heterocycles. The summed E-state index contributed by atoms with van der Waals surface area (Å²) in [6, 6.07) is 0. The van der Waals surface area contributed by atoms with Gasteiger partial charge in [-0.2, -0.15) is 0 Å². The summed E-state index contributed by atoms with van der Waals surface area (Å²) < 4.78 is 0. The van der Waals surface area contributed by atoms with Crippen molar-refractivity contribution in [1.29, 1.82) is 0 Å². The van der Waals surface area contributed by atoms with Gasteiger partial charge in [0.1, 0.15) is 0 Å². The van der Waals surface area contributed by atoms with E-state index in [1.54, 1.807) is 0 Å². The molecule has 0 bridgehead atoms. The number of hydroxylamine groups is 1. The molecule has 0 aromatic heterocycles. The zero-order chi connectivity index (χ0) is 10.1. The molecule has 2 amide bonds. The maximum absolute atomic E-state index is 11.0. The van der Waals surface area contributed by atoms with Gasteiger partial charge in [-0.3, -0.25) is 14.4 Å². The van der Waals surface area contributed by atoms with Crippen LogP contribution in [0.4, 0.5) is 0 Å². The Labute approximate surface area is 77.8 Å². The summed E-state index contributed by atoms with van der Waals surface area (Å²) in [4.78, 5) is 25.7. The summed E-state index contributed by atoms with van der Waals surface area (Å²) in [5, 5.41) is 2.47. The molecule has 0 saturated carbocycles. The maximum atomic E-state index is 11.0. The molecule has 0 saturated heterocycles. The molecule has 0 aliphatic carbocycles. The maximum Gasteiger partial charge on any atom is 0.243 e. The molecule has 0 fully saturated rings. The van der Waals surface area contributed by atoms with E-state index in [4.69, 9.17) is 4.84 Å². The Morgan fingerprint density at radius 3 is 2.77 bits per heavy atom. The first-order valence-corrected chi connectivity index (χ1v) is 4.28. The van der Waals surface area contributed by atoms with Crippen LogP contribution >= 0.6 is 0 Å². The van der Waals surface area contributed by atoms with Crippen molar-refractivity contribution < 1.29 is 14.4 Å². The highest BCUT2D eigenvalue weighted by Gasteiger charge is 2.01. The van der Waals surface area contributed by atoms with Crippen LogP contribution in [0.25, 0.3) is 0 Å². The quantitative estimate of drug-likeness (QED) is 0.335.